The van der Waals surface area contributed by atoms with E-state index in [1.54, 1.807) is 29.2 Å². The van der Waals surface area contributed by atoms with Gasteiger partial charge in [-0.25, -0.2) is 8.42 Å². The van der Waals surface area contributed by atoms with Crippen molar-refractivity contribution in [2.45, 2.75) is 31.1 Å². The number of hydrogen-bond acceptors (Lipinski definition) is 4. The molecule has 0 saturated carbocycles. The number of benzene rings is 2. The molecule has 6 nitrogen and oxygen atoms in total. The molecule has 1 N–H and O–H groups in total. The zero-order chi connectivity index (χ0) is 18.7. The Kier molecular flexibility index (Phi) is 5.18. The lowest BCUT2D eigenvalue weighted by molar-refractivity contribution is -0.119. The summed E-state index contributed by atoms with van der Waals surface area (Å²) in [6.07, 6.45) is 2.40. The van der Waals surface area contributed by atoms with Gasteiger partial charge in [-0.1, -0.05) is 6.07 Å². The van der Waals surface area contributed by atoms with Crippen LogP contribution in [-0.2, 0) is 14.8 Å². The number of carbonyl (C=O) groups is 1. The van der Waals surface area contributed by atoms with Crippen LogP contribution in [0.2, 0.25) is 0 Å². The number of piperidine rings is 1. The van der Waals surface area contributed by atoms with Crippen LogP contribution in [0.3, 0.4) is 0 Å². The zero-order valence-corrected chi connectivity index (χ0v) is 15.7. The van der Waals surface area contributed by atoms with E-state index < -0.39 is 10.0 Å². The molecule has 0 unspecified atom stereocenters. The fourth-order valence-corrected chi connectivity index (χ4v) is 4.05. The number of anilines is 2. The van der Waals surface area contributed by atoms with Gasteiger partial charge >= 0.3 is 0 Å². The highest BCUT2D eigenvalue weighted by atomic mass is 32.2. The van der Waals surface area contributed by atoms with Crippen molar-refractivity contribution < 1.29 is 17.9 Å². The predicted octanol–water partition coefficient (Wildman–Crippen LogP) is 3.32. The second-order valence-electron chi connectivity index (χ2n) is 6.31. The maximum Gasteiger partial charge on any atom is 0.262 e. The van der Waals surface area contributed by atoms with E-state index in [1.807, 2.05) is 13.0 Å². The van der Waals surface area contributed by atoms with Gasteiger partial charge < -0.3 is 9.64 Å². The molecule has 0 bridgehead atoms. The highest BCUT2D eigenvalue weighted by molar-refractivity contribution is 7.92. The van der Waals surface area contributed by atoms with E-state index in [0.717, 1.165) is 24.1 Å². The van der Waals surface area contributed by atoms with Crippen LogP contribution in [0.25, 0.3) is 0 Å². The van der Waals surface area contributed by atoms with Crippen LogP contribution in [0.4, 0.5) is 11.4 Å². The first-order valence-electron chi connectivity index (χ1n) is 8.48. The first-order valence-corrected chi connectivity index (χ1v) is 9.97. The third-order valence-electron chi connectivity index (χ3n) is 4.38. The summed E-state index contributed by atoms with van der Waals surface area (Å²) in [7, 11) is -2.26. The quantitative estimate of drug-likeness (QED) is 0.871. The van der Waals surface area contributed by atoms with Crippen molar-refractivity contribution in [3.05, 3.63) is 48.0 Å². The van der Waals surface area contributed by atoms with Crippen molar-refractivity contribution in [2.24, 2.45) is 0 Å². The molecule has 0 atom stereocenters. The monoisotopic (exact) mass is 374 g/mol. The number of amides is 1. The van der Waals surface area contributed by atoms with Crippen molar-refractivity contribution in [1.82, 2.24) is 0 Å². The van der Waals surface area contributed by atoms with E-state index >= 15 is 0 Å². The molecule has 138 valence electrons. The molecular weight excluding hydrogens is 352 g/mol. The summed E-state index contributed by atoms with van der Waals surface area (Å²) in [5.41, 5.74) is 2.03. The van der Waals surface area contributed by atoms with Crippen LogP contribution in [0.1, 0.15) is 24.8 Å². The summed E-state index contributed by atoms with van der Waals surface area (Å²) in [5, 5.41) is 0. The molecular formula is C19H22N2O4S. The third kappa shape index (κ3) is 3.83. The molecule has 2 aromatic rings. The van der Waals surface area contributed by atoms with E-state index in [1.165, 1.54) is 19.2 Å². The van der Waals surface area contributed by atoms with Gasteiger partial charge in [-0.3, -0.25) is 9.52 Å². The average Bonchev–Trinajstić information content (AvgIpc) is 2.62. The Balaban J connectivity index is 1.84. The molecule has 2 aromatic carbocycles. The Morgan fingerprint density at radius 1 is 1.08 bits per heavy atom. The molecule has 0 aromatic heterocycles. The van der Waals surface area contributed by atoms with Crippen molar-refractivity contribution in [3.8, 4) is 5.75 Å². The normalized spacial score (nSPS) is 15.0. The molecule has 7 heteroatoms. The Bertz CT molecular complexity index is 908. The minimum absolute atomic E-state index is 0.0782. The fraction of sp³-hybridized carbons (Fsp3) is 0.316. The molecule has 0 spiro atoms. The van der Waals surface area contributed by atoms with Gasteiger partial charge in [0.15, 0.2) is 0 Å². The van der Waals surface area contributed by atoms with Crippen LogP contribution < -0.4 is 14.4 Å². The van der Waals surface area contributed by atoms with E-state index in [0.29, 0.717) is 24.4 Å². The second kappa shape index (κ2) is 7.37. The summed E-state index contributed by atoms with van der Waals surface area (Å²) in [5.74, 6) is 0.532. The fourth-order valence-electron chi connectivity index (χ4n) is 2.99. The van der Waals surface area contributed by atoms with Crippen LogP contribution in [0.5, 0.6) is 5.75 Å². The molecule has 26 heavy (non-hydrogen) atoms. The van der Waals surface area contributed by atoms with E-state index in [4.69, 9.17) is 4.74 Å². The van der Waals surface area contributed by atoms with Gasteiger partial charge in [0.05, 0.1) is 17.7 Å². The lowest BCUT2D eigenvalue weighted by Gasteiger charge is -2.26. The van der Waals surface area contributed by atoms with E-state index in [-0.39, 0.29) is 10.8 Å². The van der Waals surface area contributed by atoms with Crippen molar-refractivity contribution in [3.63, 3.8) is 0 Å². The van der Waals surface area contributed by atoms with Crippen molar-refractivity contribution in [1.29, 1.82) is 0 Å². The highest BCUT2D eigenvalue weighted by Crippen LogP contribution is 2.29. The number of aryl methyl sites for hydroxylation is 1. The molecule has 1 heterocycles. The topological polar surface area (TPSA) is 75.7 Å². The van der Waals surface area contributed by atoms with Gasteiger partial charge in [-0.05, 0) is 61.7 Å². The lowest BCUT2D eigenvalue weighted by Crippen LogP contribution is -2.35. The number of sulfonamides is 1. The van der Waals surface area contributed by atoms with Crippen LogP contribution in [-0.4, -0.2) is 28.0 Å². The number of nitrogens with one attached hydrogen (secondary N) is 1. The molecule has 1 amide bonds. The summed E-state index contributed by atoms with van der Waals surface area (Å²) in [4.78, 5) is 13.8. The van der Waals surface area contributed by atoms with Crippen LogP contribution in [0, 0.1) is 6.92 Å². The first kappa shape index (κ1) is 18.3. The predicted molar refractivity (Wildman–Crippen MR) is 101 cm³/mol. The number of carbonyl (C=O) groups excluding carboxylic acids is 1. The standard InChI is InChI=1S/C19H22N2O4S/c1-14-6-11-18(25-2)17(13-14)20-26(23,24)16-9-7-15(8-10-16)21-12-4-3-5-19(21)22/h6-11,13,20H,3-5,12H2,1-2H3. The van der Waals surface area contributed by atoms with Crippen molar-refractivity contribution in [2.75, 3.05) is 23.3 Å². The Hall–Kier alpha value is -2.54. The molecule has 1 fully saturated rings. The molecule has 0 aliphatic carbocycles. The van der Waals surface area contributed by atoms with Crippen LogP contribution >= 0.6 is 0 Å². The number of ether oxygens (including phenoxy) is 1. The zero-order valence-electron chi connectivity index (χ0n) is 14.9. The summed E-state index contributed by atoms with van der Waals surface area (Å²) in [6, 6.07) is 11.7. The number of hydrogen-bond donors (Lipinski definition) is 1. The van der Waals surface area contributed by atoms with E-state index in [2.05, 4.69) is 4.72 Å². The van der Waals surface area contributed by atoms with Gasteiger partial charge in [-0.2, -0.15) is 0 Å². The summed E-state index contributed by atoms with van der Waals surface area (Å²) >= 11 is 0. The van der Waals surface area contributed by atoms with E-state index in [9.17, 15) is 13.2 Å². The molecule has 1 saturated heterocycles. The van der Waals surface area contributed by atoms with Gasteiger partial charge in [0.1, 0.15) is 5.75 Å². The summed E-state index contributed by atoms with van der Waals surface area (Å²) < 4.78 is 33.2. The maximum absolute atomic E-state index is 12.7. The van der Waals surface area contributed by atoms with Crippen LogP contribution in [0.15, 0.2) is 47.4 Å². The molecule has 3 rings (SSSR count). The molecule has 0 radical (unpaired) electrons. The number of rotatable bonds is 5. The highest BCUT2D eigenvalue weighted by Gasteiger charge is 2.21. The molecule has 1 aliphatic rings. The van der Waals surface area contributed by atoms with Gasteiger partial charge in [0, 0.05) is 18.7 Å². The largest absolute Gasteiger partial charge is 0.495 e. The maximum atomic E-state index is 12.7. The number of nitrogens with zero attached hydrogens (tertiary/aromatic N) is 1. The SMILES string of the molecule is COc1ccc(C)cc1NS(=O)(=O)c1ccc(N2CCCCC2=O)cc1. The average molecular weight is 374 g/mol. The first-order chi connectivity index (χ1) is 12.4. The Morgan fingerprint density at radius 2 is 1.81 bits per heavy atom. The molecule has 1 aliphatic heterocycles. The smallest absolute Gasteiger partial charge is 0.262 e. The van der Waals surface area contributed by atoms with Gasteiger partial charge in [0.25, 0.3) is 10.0 Å². The minimum Gasteiger partial charge on any atom is -0.495 e. The number of methoxy groups -OCH3 is 1. The second-order valence-corrected chi connectivity index (χ2v) is 7.99. The van der Waals surface area contributed by atoms with Gasteiger partial charge in [-0.15, -0.1) is 0 Å². The van der Waals surface area contributed by atoms with Crippen molar-refractivity contribution >= 4 is 27.3 Å². The Morgan fingerprint density at radius 3 is 2.46 bits per heavy atom. The summed E-state index contributed by atoms with van der Waals surface area (Å²) in [6.45, 7) is 2.55. The third-order valence-corrected chi connectivity index (χ3v) is 5.76. The Labute approximate surface area is 153 Å². The lowest BCUT2D eigenvalue weighted by atomic mass is 10.1. The van der Waals surface area contributed by atoms with Gasteiger partial charge in [0.2, 0.25) is 5.91 Å². The minimum atomic E-state index is -3.76.